The van der Waals surface area contributed by atoms with Crippen molar-refractivity contribution in [3.05, 3.63) is 101 Å². The molecule has 238 valence electrons. The van der Waals surface area contributed by atoms with Crippen LogP contribution in [0.4, 0.5) is 0 Å². The van der Waals surface area contributed by atoms with E-state index in [1.807, 2.05) is 24.3 Å². The number of carbonyl (C=O) groups excluding carboxylic acids is 3. The lowest BCUT2D eigenvalue weighted by molar-refractivity contribution is -0.0287. The van der Waals surface area contributed by atoms with Crippen molar-refractivity contribution < 1.29 is 38.1 Å². The molecule has 4 atom stereocenters. The van der Waals surface area contributed by atoms with Gasteiger partial charge in [0.25, 0.3) is 0 Å². The van der Waals surface area contributed by atoms with Crippen LogP contribution in [0.15, 0.2) is 72.8 Å². The van der Waals surface area contributed by atoms with Crippen molar-refractivity contribution in [3.63, 3.8) is 0 Å². The van der Waals surface area contributed by atoms with Crippen LogP contribution in [0, 0.1) is 0 Å². The highest BCUT2D eigenvalue weighted by Crippen LogP contribution is 2.31. The molecule has 2 heterocycles. The first-order valence-corrected chi connectivity index (χ1v) is 16.1. The molecule has 2 saturated heterocycles. The quantitative estimate of drug-likeness (QED) is 0.110. The van der Waals surface area contributed by atoms with Crippen molar-refractivity contribution in [2.24, 2.45) is 0 Å². The van der Waals surface area contributed by atoms with E-state index in [2.05, 4.69) is 13.8 Å². The molecule has 45 heavy (non-hydrogen) atoms. The highest BCUT2D eigenvalue weighted by molar-refractivity contribution is 5.92. The minimum atomic E-state index is -0.643. The molecule has 2 unspecified atom stereocenters. The summed E-state index contributed by atoms with van der Waals surface area (Å²) < 4.78 is 28.6. The summed E-state index contributed by atoms with van der Waals surface area (Å²) >= 11 is 0. The maximum absolute atomic E-state index is 12.9. The summed E-state index contributed by atoms with van der Waals surface area (Å²) in [4.78, 5) is 38.3. The average molecular weight is 615 g/mol. The molecule has 2 fully saturated rings. The summed E-state index contributed by atoms with van der Waals surface area (Å²) in [7, 11) is 0. The Labute approximate surface area is 265 Å². The highest BCUT2D eigenvalue weighted by atomic mass is 16.7. The first-order valence-electron chi connectivity index (χ1n) is 16.1. The molecule has 8 heteroatoms. The number of esters is 3. The second kappa shape index (κ2) is 15.8. The van der Waals surface area contributed by atoms with E-state index in [-0.39, 0.29) is 13.2 Å². The number of hydrogen-bond acceptors (Lipinski definition) is 8. The zero-order chi connectivity index (χ0) is 31.6. The number of aryl methyl sites for hydroxylation is 2. The second-order valence-corrected chi connectivity index (χ2v) is 11.7. The molecule has 0 spiro atoms. The summed E-state index contributed by atoms with van der Waals surface area (Å²) in [6, 6.07) is 21.2. The highest BCUT2D eigenvalue weighted by Gasteiger charge is 2.51. The molecule has 0 N–H and O–H groups in total. The number of ether oxygens (including phenoxy) is 5. The first-order chi connectivity index (χ1) is 21.9. The van der Waals surface area contributed by atoms with Gasteiger partial charge in [-0.1, -0.05) is 63.8 Å². The Morgan fingerprint density at radius 2 is 0.978 bits per heavy atom. The summed E-state index contributed by atoms with van der Waals surface area (Å²) in [6.45, 7) is 4.64. The Morgan fingerprint density at radius 3 is 1.40 bits per heavy atom. The topological polar surface area (TPSA) is 97.4 Å². The predicted octanol–water partition coefficient (Wildman–Crippen LogP) is 6.92. The van der Waals surface area contributed by atoms with Gasteiger partial charge in [-0.2, -0.15) is 0 Å². The monoisotopic (exact) mass is 614 g/mol. The van der Waals surface area contributed by atoms with Gasteiger partial charge >= 0.3 is 17.9 Å². The predicted molar refractivity (Wildman–Crippen MR) is 169 cm³/mol. The van der Waals surface area contributed by atoms with E-state index >= 15 is 0 Å². The largest absolute Gasteiger partial charge is 0.453 e. The van der Waals surface area contributed by atoms with Crippen molar-refractivity contribution in [1.29, 1.82) is 0 Å². The van der Waals surface area contributed by atoms with E-state index in [1.54, 1.807) is 48.5 Å². The second-order valence-electron chi connectivity index (χ2n) is 11.7. The number of unbranched alkanes of at least 4 members (excludes halogenated alkanes) is 4. The van der Waals surface area contributed by atoms with Crippen LogP contribution in [0.2, 0.25) is 0 Å². The fourth-order valence-corrected chi connectivity index (χ4v) is 5.64. The van der Waals surface area contributed by atoms with Gasteiger partial charge in [-0.3, -0.25) is 0 Å². The van der Waals surface area contributed by atoms with Gasteiger partial charge in [0.15, 0.2) is 12.2 Å². The Morgan fingerprint density at radius 1 is 0.578 bits per heavy atom. The molecule has 0 saturated carbocycles. The number of hydrogen-bond donors (Lipinski definition) is 0. The fraction of sp³-hybridized carbons (Fsp3) is 0.432. The molecule has 0 aromatic heterocycles. The molecule has 3 aromatic rings. The molecular formula is C37H42O8. The number of benzene rings is 3. The van der Waals surface area contributed by atoms with Crippen LogP contribution in [-0.2, 0) is 31.8 Å². The van der Waals surface area contributed by atoms with Crippen LogP contribution in [0.5, 0.6) is 5.75 Å². The van der Waals surface area contributed by atoms with Crippen LogP contribution in [0.3, 0.4) is 0 Å². The van der Waals surface area contributed by atoms with Crippen LogP contribution < -0.4 is 4.74 Å². The zero-order valence-corrected chi connectivity index (χ0v) is 26.1. The van der Waals surface area contributed by atoms with Crippen molar-refractivity contribution in [2.45, 2.75) is 89.6 Å². The fourth-order valence-electron chi connectivity index (χ4n) is 5.64. The van der Waals surface area contributed by atoms with E-state index in [1.165, 1.54) is 36.8 Å². The first kappa shape index (κ1) is 32.4. The lowest BCUT2D eigenvalue weighted by atomic mass is 10.1. The molecule has 3 aromatic carbocycles. The van der Waals surface area contributed by atoms with E-state index in [0.29, 0.717) is 22.4 Å². The number of carbonyl (C=O) groups is 3. The van der Waals surface area contributed by atoms with Gasteiger partial charge in [0.2, 0.25) is 0 Å². The Kier molecular flexibility index (Phi) is 11.4. The summed E-state index contributed by atoms with van der Waals surface area (Å²) in [5.41, 5.74) is 3.63. The minimum absolute atomic E-state index is 0.134. The van der Waals surface area contributed by atoms with Crippen LogP contribution in [0.1, 0.15) is 94.6 Å². The van der Waals surface area contributed by atoms with Crippen molar-refractivity contribution in [2.75, 3.05) is 13.2 Å². The summed E-state index contributed by atoms with van der Waals surface area (Å²) in [5.74, 6) is -1.13. The standard InChI is InChI=1S/C37H42O8/c1-3-5-7-9-25-11-15-27(16-12-25)35(38)43-30-21-19-29(20-22-30)37(40)45-32-24-42-33-31(23-41-34(32)33)44-36(39)28-17-13-26(14-18-28)10-8-6-4-2/h11-22,31-34H,3-10,23-24H2,1-2H3/t31-,32+,33?,34?/m0/s1. The Hall–Kier alpha value is -4.01. The van der Waals surface area contributed by atoms with Gasteiger partial charge in [-0.05, 0) is 85.3 Å². The third kappa shape index (κ3) is 8.59. The van der Waals surface area contributed by atoms with Gasteiger partial charge in [0.05, 0.1) is 29.9 Å². The van der Waals surface area contributed by atoms with Gasteiger partial charge in [-0.25, -0.2) is 14.4 Å². The number of rotatable bonds is 14. The SMILES string of the molecule is CCCCCc1ccc(C(=O)Oc2ccc(C(=O)O[C@@H]3COC4C3OC[C@@H]4OC(=O)c3ccc(CCCCC)cc3)cc2)cc1. The summed E-state index contributed by atoms with van der Waals surface area (Å²) in [6.07, 6.45) is 6.64. The molecule has 0 radical (unpaired) electrons. The molecule has 2 aliphatic rings. The average Bonchev–Trinajstić information content (AvgIpc) is 3.65. The molecule has 0 aliphatic carbocycles. The van der Waals surface area contributed by atoms with E-state index in [9.17, 15) is 14.4 Å². The van der Waals surface area contributed by atoms with Crippen LogP contribution in [-0.4, -0.2) is 55.5 Å². The third-order valence-corrected chi connectivity index (χ3v) is 8.30. The van der Waals surface area contributed by atoms with E-state index < -0.39 is 42.3 Å². The lowest BCUT2D eigenvalue weighted by Gasteiger charge is -2.17. The Balaban J connectivity index is 1.08. The molecule has 0 amide bonds. The van der Waals surface area contributed by atoms with Gasteiger partial charge in [0.1, 0.15) is 18.0 Å². The van der Waals surface area contributed by atoms with E-state index in [0.717, 1.165) is 25.7 Å². The summed E-state index contributed by atoms with van der Waals surface area (Å²) in [5, 5.41) is 0. The zero-order valence-electron chi connectivity index (χ0n) is 26.1. The molecular weight excluding hydrogens is 572 g/mol. The van der Waals surface area contributed by atoms with E-state index in [4.69, 9.17) is 23.7 Å². The van der Waals surface area contributed by atoms with Gasteiger partial charge < -0.3 is 23.7 Å². The molecule has 2 aliphatic heterocycles. The molecule has 0 bridgehead atoms. The van der Waals surface area contributed by atoms with Crippen molar-refractivity contribution in [1.82, 2.24) is 0 Å². The lowest BCUT2D eigenvalue weighted by Crippen LogP contribution is -2.36. The van der Waals surface area contributed by atoms with Crippen LogP contribution in [0.25, 0.3) is 0 Å². The third-order valence-electron chi connectivity index (χ3n) is 8.30. The normalized spacial score (nSPS) is 20.4. The maximum Gasteiger partial charge on any atom is 0.343 e. The molecule has 5 rings (SSSR count). The smallest absolute Gasteiger partial charge is 0.343 e. The maximum atomic E-state index is 12.9. The molecule has 8 nitrogen and oxygen atoms in total. The minimum Gasteiger partial charge on any atom is -0.453 e. The van der Waals surface area contributed by atoms with Gasteiger partial charge in [0, 0.05) is 0 Å². The van der Waals surface area contributed by atoms with Crippen molar-refractivity contribution in [3.8, 4) is 5.75 Å². The van der Waals surface area contributed by atoms with Gasteiger partial charge in [-0.15, -0.1) is 0 Å². The Bertz CT molecular complexity index is 1410. The van der Waals surface area contributed by atoms with Crippen molar-refractivity contribution >= 4 is 17.9 Å². The number of fused-ring (bicyclic) bond motifs is 1. The van der Waals surface area contributed by atoms with Crippen LogP contribution >= 0.6 is 0 Å².